The first kappa shape index (κ1) is 14.6. The van der Waals surface area contributed by atoms with Gasteiger partial charge in [-0.1, -0.05) is 37.3 Å². The van der Waals surface area contributed by atoms with Gasteiger partial charge in [-0.05, 0) is 30.5 Å². The van der Waals surface area contributed by atoms with E-state index in [4.69, 9.17) is 4.42 Å². The van der Waals surface area contributed by atoms with Gasteiger partial charge in [-0.25, -0.2) is 0 Å². The topological polar surface area (TPSA) is 53.9 Å². The van der Waals surface area contributed by atoms with Gasteiger partial charge in [0.2, 0.25) is 0 Å². The molecule has 2 heterocycles. The highest BCUT2D eigenvalue weighted by Crippen LogP contribution is 2.23. The Hall–Kier alpha value is -2.33. The van der Waals surface area contributed by atoms with Crippen LogP contribution in [0.5, 0.6) is 0 Å². The highest BCUT2D eigenvalue weighted by Gasteiger charge is 2.11. The van der Waals surface area contributed by atoms with E-state index < -0.39 is 0 Å². The first-order valence-electron chi connectivity index (χ1n) is 7.59. The van der Waals surface area contributed by atoms with Crippen molar-refractivity contribution in [2.45, 2.75) is 26.3 Å². The van der Waals surface area contributed by atoms with Crippen LogP contribution in [0.2, 0.25) is 0 Å². The van der Waals surface area contributed by atoms with E-state index in [9.17, 15) is 0 Å². The molecule has 22 heavy (non-hydrogen) atoms. The summed E-state index contributed by atoms with van der Waals surface area (Å²) in [4.78, 5) is 0. The number of aryl methyl sites for hydroxylation is 1. The summed E-state index contributed by atoms with van der Waals surface area (Å²) in [6.45, 7) is 5.86. The van der Waals surface area contributed by atoms with Crippen LogP contribution in [-0.4, -0.2) is 16.7 Å². The number of furan rings is 1. The maximum absolute atomic E-state index is 5.67. The third-order valence-electron chi connectivity index (χ3n) is 3.84. The molecule has 1 aromatic carbocycles. The van der Waals surface area contributed by atoms with E-state index in [2.05, 4.69) is 46.7 Å². The third-order valence-corrected chi connectivity index (χ3v) is 3.84. The van der Waals surface area contributed by atoms with Crippen molar-refractivity contribution in [2.75, 3.05) is 6.54 Å². The second-order valence-electron chi connectivity index (χ2n) is 5.62. The van der Waals surface area contributed by atoms with Crippen LogP contribution in [0, 0.1) is 6.92 Å². The fraction of sp³-hybridized carbons (Fsp3) is 0.278. The summed E-state index contributed by atoms with van der Waals surface area (Å²) in [7, 11) is 0. The van der Waals surface area contributed by atoms with Crippen molar-refractivity contribution in [3.05, 3.63) is 65.5 Å². The number of aromatic amines is 1. The summed E-state index contributed by atoms with van der Waals surface area (Å²) >= 11 is 0. The van der Waals surface area contributed by atoms with Crippen LogP contribution < -0.4 is 5.32 Å². The maximum Gasteiger partial charge on any atom is 0.152 e. The summed E-state index contributed by atoms with van der Waals surface area (Å²) < 4.78 is 5.67. The Morgan fingerprint density at radius 2 is 2.00 bits per heavy atom. The molecule has 1 unspecified atom stereocenters. The van der Waals surface area contributed by atoms with Gasteiger partial charge in [-0.2, -0.15) is 5.10 Å². The molecule has 2 aromatic heterocycles. The smallest absolute Gasteiger partial charge is 0.152 e. The predicted octanol–water partition coefficient (Wildman–Crippen LogP) is 3.87. The standard InChI is InChI=1S/C18H21N3O/c1-13(15-6-4-3-5-7-15)10-19-11-16-12-20-21-18(16)17-9-8-14(2)22-17/h3-9,12-13,19H,10-11H2,1-2H3,(H,20,21). The van der Waals surface area contributed by atoms with Gasteiger partial charge in [0.1, 0.15) is 11.5 Å². The summed E-state index contributed by atoms with van der Waals surface area (Å²) in [5, 5.41) is 10.7. The molecule has 0 saturated heterocycles. The zero-order valence-electron chi connectivity index (χ0n) is 13.0. The van der Waals surface area contributed by atoms with Crippen LogP contribution >= 0.6 is 0 Å². The SMILES string of the molecule is Cc1ccc(-c2[nH]ncc2CNCC(C)c2ccccc2)o1. The van der Waals surface area contributed by atoms with Gasteiger partial charge < -0.3 is 9.73 Å². The van der Waals surface area contributed by atoms with Crippen LogP contribution in [0.4, 0.5) is 0 Å². The predicted molar refractivity (Wildman–Crippen MR) is 87.6 cm³/mol. The van der Waals surface area contributed by atoms with Gasteiger partial charge in [0.05, 0.1) is 6.20 Å². The fourth-order valence-corrected chi connectivity index (χ4v) is 2.55. The van der Waals surface area contributed by atoms with Crippen LogP contribution in [0.25, 0.3) is 11.5 Å². The molecule has 114 valence electrons. The lowest BCUT2D eigenvalue weighted by molar-refractivity contribution is 0.544. The molecule has 4 nitrogen and oxygen atoms in total. The van der Waals surface area contributed by atoms with Gasteiger partial charge in [0, 0.05) is 18.7 Å². The average Bonchev–Trinajstić information content (AvgIpc) is 3.16. The summed E-state index contributed by atoms with van der Waals surface area (Å²) in [5.74, 6) is 2.21. The lowest BCUT2D eigenvalue weighted by Gasteiger charge is -2.12. The second kappa shape index (κ2) is 6.62. The van der Waals surface area contributed by atoms with E-state index in [0.717, 1.165) is 35.9 Å². The molecular weight excluding hydrogens is 274 g/mol. The van der Waals surface area contributed by atoms with Gasteiger partial charge in [0.25, 0.3) is 0 Å². The molecule has 0 fully saturated rings. The lowest BCUT2D eigenvalue weighted by Crippen LogP contribution is -2.19. The molecule has 3 aromatic rings. The molecule has 0 aliphatic heterocycles. The molecule has 4 heteroatoms. The number of aromatic nitrogens is 2. The molecule has 0 spiro atoms. The van der Waals surface area contributed by atoms with E-state index in [1.54, 1.807) is 0 Å². The zero-order chi connectivity index (χ0) is 15.4. The number of hydrogen-bond acceptors (Lipinski definition) is 3. The number of H-pyrrole nitrogens is 1. The van der Waals surface area contributed by atoms with Crippen molar-refractivity contribution in [3.8, 4) is 11.5 Å². The van der Waals surface area contributed by atoms with Gasteiger partial charge in [-0.15, -0.1) is 0 Å². The first-order chi connectivity index (χ1) is 10.7. The largest absolute Gasteiger partial charge is 0.460 e. The summed E-state index contributed by atoms with van der Waals surface area (Å²) in [6.07, 6.45) is 1.85. The van der Waals surface area contributed by atoms with E-state index in [0.29, 0.717) is 5.92 Å². The molecule has 0 amide bonds. The molecule has 0 aliphatic rings. The van der Waals surface area contributed by atoms with Crippen molar-refractivity contribution in [1.82, 2.24) is 15.5 Å². The molecule has 0 aliphatic carbocycles. The van der Waals surface area contributed by atoms with Gasteiger partial charge >= 0.3 is 0 Å². The molecule has 1 atom stereocenters. The van der Waals surface area contributed by atoms with E-state index in [1.165, 1.54) is 5.56 Å². The van der Waals surface area contributed by atoms with Gasteiger partial charge in [-0.3, -0.25) is 5.10 Å². The van der Waals surface area contributed by atoms with Crippen LogP contribution in [-0.2, 0) is 6.54 Å². The van der Waals surface area contributed by atoms with Crippen molar-refractivity contribution in [2.24, 2.45) is 0 Å². The van der Waals surface area contributed by atoms with Crippen molar-refractivity contribution < 1.29 is 4.42 Å². The third kappa shape index (κ3) is 3.28. The minimum absolute atomic E-state index is 0.474. The number of rotatable bonds is 6. The van der Waals surface area contributed by atoms with Crippen LogP contribution in [0.15, 0.2) is 53.1 Å². The normalized spacial score (nSPS) is 12.5. The molecular formula is C18H21N3O. The Kier molecular flexibility index (Phi) is 4.39. The molecule has 2 N–H and O–H groups in total. The van der Waals surface area contributed by atoms with E-state index in [-0.39, 0.29) is 0 Å². The number of nitrogens with one attached hydrogen (secondary N) is 2. The number of hydrogen-bond donors (Lipinski definition) is 2. The minimum atomic E-state index is 0.474. The van der Waals surface area contributed by atoms with E-state index >= 15 is 0 Å². The first-order valence-corrected chi connectivity index (χ1v) is 7.59. The second-order valence-corrected chi connectivity index (χ2v) is 5.62. The molecule has 3 rings (SSSR count). The fourth-order valence-electron chi connectivity index (χ4n) is 2.55. The lowest BCUT2D eigenvalue weighted by atomic mass is 10.0. The molecule has 0 saturated carbocycles. The van der Waals surface area contributed by atoms with Crippen LogP contribution in [0.3, 0.4) is 0 Å². The summed E-state index contributed by atoms with van der Waals surface area (Å²) in [6, 6.07) is 14.5. The summed E-state index contributed by atoms with van der Waals surface area (Å²) in [5.41, 5.74) is 3.42. The Balaban J connectivity index is 1.60. The van der Waals surface area contributed by atoms with Crippen molar-refractivity contribution in [1.29, 1.82) is 0 Å². The van der Waals surface area contributed by atoms with Crippen molar-refractivity contribution in [3.63, 3.8) is 0 Å². The highest BCUT2D eigenvalue weighted by atomic mass is 16.3. The van der Waals surface area contributed by atoms with Gasteiger partial charge in [0.15, 0.2) is 5.76 Å². The monoisotopic (exact) mass is 295 g/mol. The maximum atomic E-state index is 5.67. The average molecular weight is 295 g/mol. The Bertz CT molecular complexity index is 715. The van der Waals surface area contributed by atoms with Crippen LogP contribution in [0.1, 0.15) is 29.7 Å². The number of nitrogens with zero attached hydrogens (tertiary/aromatic N) is 1. The van der Waals surface area contributed by atoms with E-state index in [1.807, 2.05) is 31.3 Å². The quantitative estimate of drug-likeness (QED) is 0.726. The van der Waals surface area contributed by atoms with Crippen molar-refractivity contribution >= 4 is 0 Å². The minimum Gasteiger partial charge on any atom is -0.460 e. The molecule has 0 bridgehead atoms. The molecule has 0 radical (unpaired) electrons. The number of benzene rings is 1. The Morgan fingerprint density at radius 3 is 2.73 bits per heavy atom. The highest BCUT2D eigenvalue weighted by molar-refractivity contribution is 5.56. The Labute approximate surface area is 130 Å². The Morgan fingerprint density at radius 1 is 1.18 bits per heavy atom. The zero-order valence-corrected chi connectivity index (χ0v) is 13.0.